The summed E-state index contributed by atoms with van der Waals surface area (Å²) in [7, 11) is 1.29. The third kappa shape index (κ3) is 6.90. The summed E-state index contributed by atoms with van der Waals surface area (Å²) in [6.07, 6.45) is 0. The molecular formula is C10H19NO4. The minimum Gasteiger partial charge on any atom is -0.468 e. The predicted octanol–water partition coefficient (Wildman–Crippen LogP) is 0.479. The Morgan fingerprint density at radius 3 is 2.27 bits per heavy atom. The van der Waals surface area contributed by atoms with Crippen molar-refractivity contribution in [1.82, 2.24) is 5.32 Å². The quantitative estimate of drug-likeness (QED) is 0.694. The molecule has 0 saturated heterocycles. The first-order valence-corrected chi connectivity index (χ1v) is 4.79. The lowest BCUT2D eigenvalue weighted by molar-refractivity contribution is -0.157. The van der Waals surface area contributed by atoms with Gasteiger partial charge in [0.25, 0.3) is 0 Å². The third-order valence-corrected chi connectivity index (χ3v) is 1.54. The van der Waals surface area contributed by atoms with E-state index < -0.39 is 17.6 Å². The molecule has 15 heavy (non-hydrogen) atoms. The summed E-state index contributed by atoms with van der Waals surface area (Å²) in [6, 6.07) is -0.525. The molecule has 0 radical (unpaired) electrons. The van der Waals surface area contributed by atoms with Gasteiger partial charge in [-0.15, -0.1) is 0 Å². The Bertz CT molecular complexity index is 232. The third-order valence-electron chi connectivity index (χ3n) is 1.54. The molecule has 0 rings (SSSR count). The molecule has 88 valence electrons. The van der Waals surface area contributed by atoms with Gasteiger partial charge in [0, 0.05) is 0 Å². The second-order valence-corrected chi connectivity index (χ2v) is 4.21. The lowest BCUT2D eigenvalue weighted by Crippen LogP contribution is -2.41. The summed E-state index contributed by atoms with van der Waals surface area (Å²) in [5.74, 6) is -0.795. The highest BCUT2D eigenvalue weighted by Crippen LogP contribution is 2.08. The first kappa shape index (κ1) is 13.9. The van der Waals surface area contributed by atoms with Crippen LogP contribution in [0.5, 0.6) is 0 Å². The van der Waals surface area contributed by atoms with Crippen molar-refractivity contribution < 1.29 is 19.1 Å². The molecule has 1 atom stereocenters. The number of rotatable bonds is 4. The van der Waals surface area contributed by atoms with Gasteiger partial charge in [-0.3, -0.25) is 14.9 Å². The Hall–Kier alpha value is -1.10. The predicted molar refractivity (Wildman–Crippen MR) is 55.3 cm³/mol. The van der Waals surface area contributed by atoms with E-state index in [0.717, 1.165) is 0 Å². The van der Waals surface area contributed by atoms with Crippen LogP contribution in [-0.4, -0.2) is 37.2 Å². The van der Waals surface area contributed by atoms with Gasteiger partial charge >= 0.3 is 11.9 Å². The maximum Gasteiger partial charge on any atom is 0.323 e. The highest BCUT2D eigenvalue weighted by Gasteiger charge is 2.21. The Labute approximate surface area is 90.1 Å². The number of esters is 2. The van der Waals surface area contributed by atoms with E-state index in [9.17, 15) is 9.59 Å². The van der Waals surface area contributed by atoms with Crippen LogP contribution in [0.25, 0.3) is 0 Å². The molecule has 0 aliphatic carbocycles. The number of hydrogen-bond acceptors (Lipinski definition) is 5. The molecule has 0 heterocycles. The summed E-state index contributed by atoms with van der Waals surface area (Å²) < 4.78 is 9.54. The van der Waals surface area contributed by atoms with Crippen LogP contribution in [0.1, 0.15) is 27.7 Å². The van der Waals surface area contributed by atoms with Crippen LogP contribution < -0.4 is 5.32 Å². The molecule has 0 fully saturated rings. The van der Waals surface area contributed by atoms with Gasteiger partial charge < -0.3 is 9.47 Å². The summed E-state index contributed by atoms with van der Waals surface area (Å²) in [5, 5.41) is 2.71. The molecule has 5 nitrogen and oxygen atoms in total. The zero-order chi connectivity index (χ0) is 12.1. The van der Waals surface area contributed by atoms with Crippen molar-refractivity contribution in [3.8, 4) is 0 Å². The van der Waals surface area contributed by atoms with E-state index >= 15 is 0 Å². The van der Waals surface area contributed by atoms with Crippen molar-refractivity contribution >= 4 is 11.9 Å². The summed E-state index contributed by atoms with van der Waals surface area (Å²) in [5.41, 5.74) is -0.516. The van der Waals surface area contributed by atoms with Crippen LogP contribution in [0.3, 0.4) is 0 Å². The number of carbonyl (C=O) groups excluding carboxylic acids is 2. The van der Waals surface area contributed by atoms with Gasteiger partial charge in [0.2, 0.25) is 0 Å². The number of nitrogens with one attached hydrogen (secondary N) is 1. The Morgan fingerprint density at radius 2 is 1.87 bits per heavy atom. The van der Waals surface area contributed by atoms with Gasteiger partial charge in [0.1, 0.15) is 11.6 Å². The number of hydrogen-bond donors (Lipinski definition) is 1. The summed E-state index contributed by atoms with van der Waals surface area (Å²) >= 11 is 0. The van der Waals surface area contributed by atoms with Gasteiger partial charge in [-0.05, 0) is 27.7 Å². The van der Waals surface area contributed by atoms with Crippen molar-refractivity contribution in [2.45, 2.75) is 39.3 Å². The molecule has 5 heteroatoms. The lowest BCUT2D eigenvalue weighted by Gasteiger charge is -2.22. The number of methoxy groups -OCH3 is 1. The smallest absolute Gasteiger partial charge is 0.323 e. The standard InChI is InChI=1S/C10H19NO4/c1-7(11-6-8(12)14-5)9(13)15-10(2,3)4/h7,11H,6H2,1-5H3. The van der Waals surface area contributed by atoms with Crippen molar-refractivity contribution in [2.75, 3.05) is 13.7 Å². The van der Waals surface area contributed by atoms with E-state index in [0.29, 0.717) is 0 Å². The van der Waals surface area contributed by atoms with Crippen LogP contribution in [0.4, 0.5) is 0 Å². The topological polar surface area (TPSA) is 64.6 Å². The van der Waals surface area contributed by atoms with E-state index in [1.54, 1.807) is 27.7 Å². The molecule has 0 aliphatic rings. The SMILES string of the molecule is COC(=O)CNC(C)C(=O)OC(C)(C)C. The minimum absolute atomic E-state index is 0.00307. The van der Waals surface area contributed by atoms with E-state index in [2.05, 4.69) is 10.1 Å². The molecular weight excluding hydrogens is 198 g/mol. The fourth-order valence-electron chi connectivity index (χ4n) is 0.782. The maximum absolute atomic E-state index is 11.4. The maximum atomic E-state index is 11.4. The van der Waals surface area contributed by atoms with Crippen LogP contribution >= 0.6 is 0 Å². The van der Waals surface area contributed by atoms with E-state index in [1.807, 2.05) is 0 Å². The first-order valence-electron chi connectivity index (χ1n) is 4.79. The fraction of sp³-hybridized carbons (Fsp3) is 0.800. The average molecular weight is 217 g/mol. The Kier molecular flexibility index (Phi) is 5.28. The van der Waals surface area contributed by atoms with Gasteiger partial charge in [0.05, 0.1) is 13.7 Å². The molecule has 0 aromatic rings. The lowest BCUT2D eigenvalue weighted by atomic mass is 10.2. The highest BCUT2D eigenvalue weighted by atomic mass is 16.6. The molecule has 0 spiro atoms. The van der Waals surface area contributed by atoms with Crippen LogP contribution in [0.15, 0.2) is 0 Å². The molecule has 0 saturated carbocycles. The van der Waals surface area contributed by atoms with Crippen molar-refractivity contribution in [1.29, 1.82) is 0 Å². The monoisotopic (exact) mass is 217 g/mol. The molecule has 0 bridgehead atoms. The van der Waals surface area contributed by atoms with Gasteiger partial charge in [-0.2, -0.15) is 0 Å². The minimum atomic E-state index is -0.525. The van der Waals surface area contributed by atoms with Crippen LogP contribution in [0, 0.1) is 0 Å². The fourth-order valence-corrected chi connectivity index (χ4v) is 0.782. The summed E-state index contributed by atoms with van der Waals surface area (Å²) in [6.45, 7) is 7.00. The first-order chi connectivity index (χ1) is 6.76. The highest BCUT2D eigenvalue weighted by molar-refractivity contribution is 5.77. The molecule has 1 N–H and O–H groups in total. The van der Waals surface area contributed by atoms with Crippen molar-refractivity contribution in [3.05, 3.63) is 0 Å². The molecule has 0 aliphatic heterocycles. The van der Waals surface area contributed by atoms with Gasteiger partial charge in [-0.25, -0.2) is 0 Å². The van der Waals surface area contributed by atoms with Gasteiger partial charge in [0.15, 0.2) is 0 Å². The number of carbonyl (C=O) groups is 2. The van der Waals surface area contributed by atoms with Crippen molar-refractivity contribution in [3.63, 3.8) is 0 Å². The zero-order valence-electron chi connectivity index (χ0n) is 9.92. The second-order valence-electron chi connectivity index (χ2n) is 4.21. The van der Waals surface area contributed by atoms with E-state index in [-0.39, 0.29) is 12.5 Å². The van der Waals surface area contributed by atoms with E-state index in [1.165, 1.54) is 7.11 Å². The van der Waals surface area contributed by atoms with Crippen molar-refractivity contribution in [2.24, 2.45) is 0 Å². The number of ether oxygens (including phenoxy) is 2. The second kappa shape index (κ2) is 5.70. The molecule has 0 amide bonds. The normalized spacial score (nSPS) is 13.1. The van der Waals surface area contributed by atoms with Crippen LogP contribution in [-0.2, 0) is 19.1 Å². The summed E-state index contributed by atoms with van der Waals surface area (Å²) in [4.78, 5) is 22.2. The van der Waals surface area contributed by atoms with Crippen LogP contribution in [0.2, 0.25) is 0 Å². The Balaban J connectivity index is 3.95. The van der Waals surface area contributed by atoms with E-state index in [4.69, 9.17) is 4.74 Å². The Morgan fingerprint density at radius 1 is 1.33 bits per heavy atom. The van der Waals surface area contributed by atoms with Gasteiger partial charge in [-0.1, -0.05) is 0 Å². The molecule has 0 aromatic carbocycles. The molecule has 1 unspecified atom stereocenters. The average Bonchev–Trinajstić information content (AvgIpc) is 2.10. The largest absolute Gasteiger partial charge is 0.468 e. The zero-order valence-corrected chi connectivity index (χ0v) is 9.92. The molecule has 0 aromatic heterocycles.